The van der Waals surface area contributed by atoms with E-state index in [0.29, 0.717) is 21.6 Å². The first-order valence-electron chi connectivity index (χ1n) is 5.21. The van der Waals surface area contributed by atoms with Gasteiger partial charge in [0.25, 0.3) is 5.91 Å². The molecular weight excluding hydrogens is 336 g/mol. The van der Waals surface area contributed by atoms with Gasteiger partial charge in [-0.3, -0.25) is 4.79 Å². The number of nitrogens with zero attached hydrogens (tertiary/aromatic N) is 1. The summed E-state index contributed by atoms with van der Waals surface area (Å²) in [5.41, 5.74) is 0.570. The molecule has 0 radical (unpaired) electrons. The SMILES string of the molecule is Cc1ncc(CNC(=O)c2ccc(Cl)cc2Br)s1. The monoisotopic (exact) mass is 344 g/mol. The summed E-state index contributed by atoms with van der Waals surface area (Å²) >= 11 is 10.7. The number of benzene rings is 1. The van der Waals surface area contributed by atoms with Crippen LogP contribution in [0.3, 0.4) is 0 Å². The van der Waals surface area contributed by atoms with Crippen molar-refractivity contribution in [2.75, 3.05) is 0 Å². The number of hydrogen-bond acceptors (Lipinski definition) is 3. The van der Waals surface area contributed by atoms with Gasteiger partial charge >= 0.3 is 0 Å². The molecule has 0 aliphatic heterocycles. The zero-order valence-electron chi connectivity index (χ0n) is 9.54. The Balaban J connectivity index is 2.03. The predicted molar refractivity (Wildman–Crippen MR) is 77.2 cm³/mol. The van der Waals surface area contributed by atoms with Gasteiger partial charge in [-0.15, -0.1) is 11.3 Å². The number of rotatable bonds is 3. The van der Waals surface area contributed by atoms with E-state index in [1.807, 2.05) is 6.92 Å². The quantitative estimate of drug-likeness (QED) is 0.919. The van der Waals surface area contributed by atoms with Crippen LogP contribution in [0.15, 0.2) is 28.9 Å². The molecule has 1 amide bonds. The molecule has 0 atom stereocenters. The minimum atomic E-state index is -0.135. The number of carbonyl (C=O) groups is 1. The zero-order valence-corrected chi connectivity index (χ0v) is 12.7. The summed E-state index contributed by atoms with van der Waals surface area (Å²) in [6, 6.07) is 5.09. The molecule has 94 valence electrons. The molecule has 0 unspecified atom stereocenters. The van der Waals surface area contributed by atoms with Crippen LogP contribution in [0.5, 0.6) is 0 Å². The van der Waals surface area contributed by atoms with Gasteiger partial charge in [0.15, 0.2) is 0 Å². The largest absolute Gasteiger partial charge is 0.347 e. The van der Waals surface area contributed by atoms with Crippen LogP contribution in [-0.2, 0) is 6.54 Å². The van der Waals surface area contributed by atoms with E-state index >= 15 is 0 Å². The number of hydrogen-bond donors (Lipinski definition) is 1. The van der Waals surface area contributed by atoms with Crippen molar-refractivity contribution < 1.29 is 4.79 Å². The van der Waals surface area contributed by atoms with Crippen molar-refractivity contribution in [1.82, 2.24) is 10.3 Å². The van der Waals surface area contributed by atoms with Crippen LogP contribution in [0.25, 0.3) is 0 Å². The normalized spacial score (nSPS) is 10.4. The van der Waals surface area contributed by atoms with Gasteiger partial charge in [-0.25, -0.2) is 4.98 Å². The van der Waals surface area contributed by atoms with E-state index < -0.39 is 0 Å². The predicted octanol–water partition coefficient (Wildman–Crippen LogP) is 3.80. The van der Waals surface area contributed by atoms with Crippen molar-refractivity contribution in [3.8, 4) is 0 Å². The lowest BCUT2D eigenvalue weighted by molar-refractivity contribution is 0.0950. The average molecular weight is 346 g/mol. The molecule has 2 aromatic rings. The summed E-state index contributed by atoms with van der Waals surface area (Å²) in [4.78, 5) is 17.1. The summed E-state index contributed by atoms with van der Waals surface area (Å²) < 4.78 is 0.688. The number of aryl methyl sites for hydroxylation is 1. The molecule has 0 aliphatic rings. The second kappa shape index (κ2) is 5.82. The fourth-order valence-electron chi connectivity index (χ4n) is 1.42. The maximum absolute atomic E-state index is 12.0. The molecule has 1 aromatic carbocycles. The molecule has 0 saturated carbocycles. The average Bonchev–Trinajstić information content (AvgIpc) is 2.72. The Bertz CT molecular complexity index is 585. The standard InChI is InChI=1S/C12H10BrClN2OS/c1-7-15-5-9(18-7)6-16-12(17)10-3-2-8(14)4-11(10)13/h2-5H,6H2,1H3,(H,16,17). The first kappa shape index (κ1) is 13.5. The van der Waals surface area contributed by atoms with Crippen LogP contribution in [0.4, 0.5) is 0 Å². The molecule has 3 nitrogen and oxygen atoms in total. The summed E-state index contributed by atoms with van der Waals surface area (Å²) in [5.74, 6) is -0.135. The van der Waals surface area contributed by atoms with Gasteiger partial charge in [0.1, 0.15) is 0 Å². The number of amides is 1. The van der Waals surface area contributed by atoms with Gasteiger partial charge in [-0.05, 0) is 41.1 Å². The van der Waals surface area contributed by atoms with Gasteiger partial charge in [0.05, 0.1) is 17.1 Å². The third kappa shape index (κ3) is 3.31. The summed E-state index contributed by atoms with van der Waals surface area (Å²) in [6.45, 7) is 2.42. The first-order chi connectivity index (χ1) is 8.56. The van der Waals surface area contributed by atoms with Gasteiger partial charge in [0.2, 0.25) is 0 Å². The molecule has 6 heteroatoms. The highest BCUT2D eigenvalue weighted by molar-refractivity contribution is 9.10. The van der Waals surface area contributed by atoms with Crippen molar-refractivity contribution in [2.45, 2.75) is 13.5 Å². The van der Waals surface area contributed by atoms with Crippen LogP contribution >= 0.6 is 38.9 Å². The Morgan fingerprint density at radius 2 is 2.33 bits per heavy atom. The van der Waals surface area contributed by atoms with Crippen molar-refractivity contribution in [1.29, 1.82) is 0 Å². The van der Waals surface area contributed by atoms with Crippen LogP contribution in [0, 0.1) is 6.92 Å². The lowest BCUT2D eigenvalue weighted by Crippen LogP contribution is -2.22. The molecular formula is C12H10BrClN2OS. The highest BCUT2D eigenvalue weighted by Gasteiger charge is 2.10. The number of halogens is 2. The van der Waals surface area contributed by atoms with Gasteiger partial charge < -0.3 is 5.32 Å². The summed E-state index contributed by atoms with van der Waals surface area (Å²) in [6.07, 6.45) is 1.77. The smallest absolute Gasteiger partial charge is 0.252 e. The molecule has 1 aromatic heterocycles. The number of carbonyl (C=O) groups excluding carboxylic acids is 1. The fourth-order valence-corrected chi connectivity index (χ4v) is 3.02. The van der Waals surface area contributed by atoms with E-state index in [9.17, 15) is 4.79 Å². The maximum atomic E-state index is 12.0. The van der Waals surface area contributed by atoms with Gasteiger partial charge in [-0.1, -0.05) is 11.6 Å². The lowest BCUT2D eigenvalue weighted by Gasteiger charge is -2.05. The van der Waals surface area contributed by atoms with Crippen molar-refractivity contribution >= 4 is 44.8 Å². The number of nitrogens with one attached hydrogen (secondary N) is 1. The zero-order chi connectivity index (χ0) is 13.1. The van der Waals surface area contributed by atoms with E-state index in [0.717, 1.165) is 9.88 Å². The molecule has 1 heterocycles. The Morgan fingerprint density at radius 3 is 2.94 bits per heavy atom. The van der Waals surface area contributed by atoms with Crippen LogP contribution < -0.4 is 5.32 Å². The van der Waals surface area contributed by atoms with Crippen LogP contribution in [-0.4, -0.2) is 10.9 Å². The van der Waals surface area contributed by atoms with Crippen LogP contribution in [0.2, 0.25) is 5.02 Å². The molecule has 18 heavy (non-hydrogen) atoms. The second-order valence-corrected chi connectivity index (χ2v) is 6.26. The molecule has 0 bridgehead atoms. The second-order valence-electron chi connectivity index (χ2n) is 3.65. The highest BCUT2D eigenvalue weighted by atomic mass is 79.9. The Morgan fingerprint density at radius 1 is 1.56 bits per heavy atom. The number of aromatic nitrogens is 1. The molecule has 1 N–H and O–H groups in total. The summed E-state index contributed by atoms with van der Waals surface area (Å²) in [7, 11) is 0. The highest BCUT2D eigenvalue weighted by Crippen LogP contribution is 2.21. The molecule has 0 fully saturated rings. The Labute approximate surface area is 122 Å². The molecule has 0 saturated heterocycles. The minimum Gasteiger partial charge on any atom is -0.347 e. The van der Waals surface area contributed by atoms with E-state index in [-0.39, 0.29) is 5.91 Å². The lowest BCUT2D eigenvalue weighted by atomic mass is 10.2. The van der Waals surface area contributed by atoms with Gasteiger partial charge in [0, 0.05) is 20.6 Å². The fraction of sp³-hybridized carbons (Fsp3) is 0.167. The van der Waals surface area contributed by atoms with E-state index in [1.54, 1.807) is 35.7 Å². The van der Waals surface area contributed by atoms with Crippen LogP contribution in [0.1, 0.15) is 20.2 Å². The van der Waals surface area contributed by atoms with E-state index in [4.69, 9.17) is 11.6 Å². The Hall–Kier alpha value is -0.910. The van der Waals surface area contributed by atoms with Crippen molar-refractivity contribution in [3.05, 3.63) is 49.3 Å². The molecule has 0 spiro atoms. The van der Waals surface area contributed by atoms with Gasteiger partial charge in [-0.2, -0.15) is 0 Å². The Kier molecular flexibility index (Phi) is 4.37. The van der Waals surface area contributed by atoms with Crippen molar-refractivity contribution in [3.63, 3.8) is 0 Å². The van der Waals surface area contributed by atoms with Crippen molar-refractivity contribution in [2.24, 2.45) is 0 Å². The van der Waals surface area contributed by atoms with E-state index in [2.05, 4.69) is 26.2 Å². The van der Waals surface area contributed by atoms with E-state index in [1.165, 1.54) is 0 Å². The third-order valence-corrected chi connectivity index (χ3v) is 4.07. The minimum absolute atomic E-state index is 0.135. The first-order valence-corrected chi connectivity index (χ1v) is 7.19. The summed E-state index contributed by atoms with van der Waals surface area (Å²) in [5, 5.41) is 4.43. The third-order valence-electron chi connectivity index (χ3n) is 2.27. The molecule has 0 aliphatic carbocycles. The topological polar surface area (TPSA) is 42.0 Å². The maximum Gasteiger partial charge on any atom is 0.252 e. The number of thiazole rings is 1. The molecule has 2 rings (SSSR count).